The number of hydrogen-bond acceptors (Lipinski definition) is 3. The summed E-state index contributed by atoms with van der Waals surface area (Å²) in [5.74, 6) is 0.436. The molecule has 5 nitrogen and oxygen atoms in total. The van der Waals surface area contributed by atoms with E-state index in [2.05, 4.69) is 10.1 Å². The summed E-state index contributed by atoms with van der Waals surface area (Å²) in [6.07, 6.45) is 2.11. The van der Waals surface area contributed by atoms with Gasteiger partial charge >= 0.3 is 0 Å². The van der Waals surface area contributed by atoms with E-state index >= 15 is 0 Å². The zero-order chi connectivity index (χ0) is 18.3. The molecule has 1 aliphatic rings. The first-order valence-electron chi connectivity index (χ1n) is 8.25. The minimum absolute atomic E-state index is 0.0863. The molecule has 0 saturated carbocycles. The van der Waals surface area contributed by atoms with Crippen LogP contribution in [0.2, 0.25) is 10.0 Å². The van der Waals surface area contributed by atoms with Gasteiger partial charge in [-0.3, -0.25) is 9.69 Å². The standard InChI is InChI=1S/C19H16Cl2N4O/c1-12(26)24-17(13-6-8-14(20)9-7-13)10-18(25-19(24)22-11-23-25)15-4-2-3-5-16(15)21/h2-9,11,17-18H,10H2,1H3/t17-,18-/m0/s1. The van der Waals surface area contributed by atoms with Gasteiger partial charge < -0.3 is 0 Å². The van der Waals surface area contributed by atoms with E-state index in [9.17, 15) is 4.79 Å². The predicted octanol–water partition coefficient (Wildman–Crippen LogP) is 4.67. The Balaban J connectivity index is 1.86. The molecule has 3 aromatic rings. The van der Waals surface area contributed by atoms with Crippen molar-refractivity contribution in [2.24, 2.45) is 0 Å². The lowest BCUT2D eigenvalue weighted by atomic mass is 9.92. The Hall–Kier alpha value is -2.37. The highest BCUT2D eigenvalue weighted by atomic mass is 35.5. The fourth-order valence-corrected chi connectivity index (χ4v) is 3.91. The first-order chi connectivity index (χ1) is 12.6. The van der Waals surface area contributed by atoms with Crippen LogP contribution in [0, 0.1) is 0 Å². The summed E-state index contributed by atoms with van der Waals surface area (Å²) < 4.78 is 1.77. The van der Waals surface area contributed by atoms with Crippen molar-refractivity contribution in [1.29, 1.82) is 0 Å². The van der Waals surface area contributed by atoms with E-state index in [1.54, 1.807) is 9.58 Å². The molecule has 1 aliphatic heterocycles. The first-order valence-corrected chi connectivity index (χ1v) is 9.01. The van der Waals surface area contributed by atoms with Crippen LogP contribution in [0.1, 0.15) is 36.6 Å². The minimum Gasteiger partial charge on any atom is -0.275 e. The summed E-state index contributed by atoms with van der Waals surface area (Å²) in [5, 5.41) is 5.69. The Morgan fingerprint density at radius 2 is 1.81 bits per heavy atom. The van der Waals surface area contributed by atoms with E-state index in [1.165, 1.54) is 13.3 Å². The zero-order valence-electron chi connectivity index (χ0n) is 14.0. The third kappa shape index (κ3) is 2.87. The lowest BCUT2D eigenvalue weighted by molar-refractivity contribution is -0.117. The van der Waals surface area contributed by atoms with E-state index in [4.69, 9.17) is 23.2 Å². The summed E-state index contributed by atoms with van der Waals surface area (Å²) >= 11 is 12.5. The normalized spacial score (nSPS) is 19.3. The zero-order valence-corrected chi connectivity index (χ0v) is 15.5. The molecule has 0 N–H and O–H groups in total. The number of anilines is 1. The molecule has 2 aromatic carbocycles. The molecule has 132 valence electrons. The van der Waals surface area contributed by atoms with Gasteiger partial charge in [0.15, 0.2) is 0 Å². The van der Waals surface area contributed by atoms with Crippen molar-refractivity contribution >= 4 is 35.1 Å². The average Bonchev–Trinajstić information content (AvgIpc) is 3.11. The summed E-state index contributed by atoms with van der Waals surface area (Å²) in [7, 11) is 0. The topological polar surface area (TPSA) is 51.0 Å². The molecular weight excluding hydrogens is 371 g/mol. The molecule has 4 rings (SSSR count). The maximum atomic E-state index is 12.4. The number of carbonyl (C=O) groups is 1. The van der Waals surface area contributed by atoms with E-state index in [1.807, 2.05) is 48.5 Å². The van der Waals surface area contributed by atoms with Crippen molar-refractivity contribution in [3.8, 4) is 0 Å². The minimum atomic E-state index is -0.178. The van der Waals surface area contributed by atoms with Gasteiger partial charge in [-0.25, -0.2) is 4.68 Å². The molecule has 26 heavy (non-hydrogen) atoms. The van der Waals surface area contributed by atoms with Gasteiger partial charge in [-0.1, -0.05) is 53.5 Å². The quantitative estimate of drug-likeness (QED) is 0.642. The average molecular weight is 387 g/mol. The summed E-state index contributed by atoms with van der Waals surface area (Å²) in [4.78, 5) is 18.4. The van der Waals surface area contributed by atoms with Gasteiger partial charge in [0.25, 0.3) is 0 Å². The number of benzene rings is 2. The Morgan fingerprint density at radius 1 is 1.08 bits per heavy atom. The number of amides is 1. The summed E-state index contributed by atoms with van der Waals surface area (Å²) in [6, 6.07) is 15.0. The molecule has 2 atom stereocenters. The Morgan fingerprint density at radius 3 is 2.50 bits per heavy atom. The number of rotatable bonds is 2. The molecule has 0 aliphatic carbocycles. The highest BCUT2D eigenvalue weighted by molar-refractivity contribution is 6.31. The Kier molecular flexibility index (Phi) is 4.42. The van der Waals surface area contributed by atoms with Gasteiger partial charge in [-0.15, -0.1) is 0 Å². The molecule has 0 saturated heterocycles. The molecule has 1 aromatic heterocycles. The van der Waals surface area contributed by atoms with Crippen LogP contribution in [0.3, 0.4) is 0 Å². The summed E-state index contributed by atoms with van der Waals surface area (Å²) in [5.41, 5.74) is 1.96. The number of fused-ring (bicyclic) bond motifs is 1. The van der Waals surface area contributed by atoms with Crippen LogP contribution in [0.25, 0.3) is 0 Å². The SMILES string of the molecule is CC(=O)N1c2ncnn2[C@H](c2ccccc2Cl)C[C@H]1c1ccc(Cl)cc1. The second kappa shape index (κ2) is 6.74. The van der Waals surface area contributed by atoms with E-state index in [0.29, 0.717) is 22.4 Å². The van der Waals surface area contributed by atoms with E-state index in [-0.39, 0.29) is 18.0 Å². The van der Waals surface area contributed by atoms with Crippen LogP contribution in [0.15, 0.2) is 54.9 Å². The Bertz CT molecular complexity index is 954. The predicted molar refractivity (Wildman–Crippen MR) is 102 cm³/mol. The molecule has 7 heteroatoms. The second-order valence-electron chi connectivity index (χ2n) is 6.23. The largest absolute Gasteiger partial charge is 0.275 e. The lowest BCUT2D eigenvalue weighted by Gasteiger charge is -2.38. The fourth-order valence-electron chi connectivity index (χ4n) is 3.53. The number of nitrogens with zero attached hydrogens (tertiary/aromatic N) is 4. The van der Waals surface area contributed by atoms with Crippen molar-refractivity contribution in [3.05, 3.63) is 76.0 Å². The van der Waals surface area contributed by atoms with Crippen LogP contribution in [-0.4, -0.2) is 20.7 Å². The highest BCUT2D eigenvalue weighted by Crippen LogP contribution is 2.43. The molecular formula is C19H16Cl2N4O. The van der Waals surface area contributed by atoms with Crippen molar-refractivity contribution in [3.63, 3.8) is 0 Å². The molecule has 0 fully saturated rings. The summed E-state index contributed by atoms with van der Waals surface area (Å²) in [6.45, 7) is 1.54. The van der Waals surface area contributed by atoms with Crippen molar-refractivity contribution in [2.45, 2.75) is 25.4 Å². The van der Waals surface area contributed by atoms with Gasteiger partial charge in [0.2, 0.25) is 11.9 Å². The van der Waals surface area contributed by atoms with Gasteiger partial charge in [0.05, 0.1) is 12.1 Å². The maximum Gasteiger partial charge on any atom is 0.231 e. The third-order valence-electron chi connectivity index (χ3n) is 4.68. The third-order valence-corrected chi connectivity index (χ3v) is 5.28. The van der Waals surface area contributed by atoms with Crippen LogP contribution in [0.5, 0.6) is 0 Å². The number of hydrogen-bond donors (Lipinski definition) is 0. The molecule has 1 amide bonds. The fraction of sp³-hybridized carbons (Fsp3) is 0.211. The van der Waals surface area contributed by atoms with E-state index < -0.39 is 0 Å². The van der Waals surface area contributed by atoms with Crippen LogP contribution in [-0.2, 0) is 4.79 Å². The van der Waals surface area contributed by atoms with Crippen LogP contribution in [0.4, 0.5) is 5.95 Å². The van der Waals surface area contributed by atoms with Crippen LogP contribution >= 0.6 is 23.2 Å². The maximum absolute atomic E-state index is 12.4. The van der Waals surface area contributed by atoms with Crippen LogP contribution < -0.4 is 4.90 Å². The van der Waals surface area contributed by atoms with Gasteiger partial charge in [0.1, 0.15) is 6.33 Å². The molecule has 2 heterocycles. The second-order valence-corrected chi connectivity index (χ2v) is 7.08. The highest BCUT2D eigenvalue weighted by Gasteiger charge is 2.38. The number of aromatic nitrogens is 3. The van der Waals surface area contributed by atoms with Gasteiger partial charge in [-0.2, -0.15) is 10.1 Å². The first kappa shape index (κ1) is 17.1. The lowest BCUT2D eigenvalue weighted by Crippen LogP contribution is -2.41. The molecule has 0 radical (unpaired) electrons. The van der Waals surface area contributed by atoms with Crippen molar-refractivity contribution < 1.29 is 4.79 Å². The van der Waals surface area contributed by atoms with Crippen molar-refractivity contribution in [1.82, 2.24) is 14.8 Å². The molecule has 0 spiro atoms. The number of halogens is 2. The molecule has 0 bridgehead atoms. The van der Waals surface area contributed by atoms with E-state index in [0.717, 1.165) is 11.1 Å². The molecule has 0 unspecified atom stereocenters. The monoisotopic (exact) mass is 386 g/mol. The van der Waals surface area contributed by atoms with Gasteiger partial charge in [0, 0.05) is 17.0 Å². The Labute approximate surface area is 161 Å². The van der Waals surface area contributed by atoms with Gasteiger partial charge in [-0.05, 0) is 35.7 Å². The number of carbonyl (C=O) groups excluding carboxylic acids is 1. The van der Waals surface area contributed by atoms with Crippen molar-refractivity contribution in [2.75, 3.05) is 4.90 Å². The smallest absolute Gasteiger partial charge is 0.231 e.